The van der Waals surface area contributed by atoms with E-state index in [0.717, 1.165) is 64.4 Å². The molecule has 0 amide bonds. The van der Waals surface area contributed by atoms with Crippen molar-refractivity contribution in [2.75, 3.05) is 31.1 Å². The zero-order valence-corrected chi connectivity index (χ0v) is 20.6. The highest BCUT2D eigenvalue weighted by molar-refractivity contribution is 7.13. The maximum absolute atomic E-state index is 10.4. The number of thiophene rings is 1. The Kier molecular flexibility index (Phi) is 5.64. The van der Waals surface area contributed by atoms with Crippen molar-refractivity contribution in [1.29, 1.82) is 5.26 Å². The molecular formula is C28H24N6OS. The number of fused-ring (bicyclic) bond motifs is 1. The normalized spacial score (nSPS) is 13.7. The molecule has 1 saturated heterocycles. The molecule has 0 saturated carbocycles. The average molecular weight is 493 g/mol. The first kappa shape index (κ1) is 22.3. The van der Waals surface area contributed by atoms with Crippen molar-refractivity contribution in [3.8, 4) is 44.8 Å². The van der Waals surface area contributed by atoms with Gasteiger partial charge in [0.15, 0.2) is 5.65 Å². The van der Waals surface area contributed by atoms with Gasteiger partial charge in [-0.15, -0.1) is 11.3 Å². The summed E-state index contributed by atoms with van der Waals surface area (Å²) in [4.78, 5) is 8.24. The van der Waals surface area contributed by atoms with Crippen LogP contribution < -0.4 is 10.2 Å². The maximum Gasteiger partial charge on any atom is 0.157 e. The van der Waals surface area contributed by atoms with E-state index in [9.17, 15) is 10.4 Å². The minimum absolute atomic E-state index is 0.212. The molecule has 1 aliphatic heterocycles. The number of aromatic amines is 1. The molecular weight excluding hydrogens is 468 g/mol. The van der Waals surface area contributed by atoms with Crippen LogP contribution >= 0.6 is 11.3 Å². The first-order valence-electron chi connectivity index (χ1n) is 11.9. The van der Waals surface area contributed by atoms with Gasteiger partial charge in [-0.3, -0.25) is 5.10 Å². The van der Waals surface area contributed by atoms with E-state index in [2.05, 4.69) is 50.7 Å². The van der Waals surface area contributed by atoms with E-state index in [0.29, 0.717) is 16.9 Å². The number of phenols is 1. The van der Waals surface area contributed by atoms with E-state index < -0.39 is 0 Å². The molecule has 0 radical (unpaired) electrons. The second-order valence-corrected chi connectivity index (χ2v) is 9.83. The molecule has 1 fully saturated rings. The van der Waals surface area contributed by atoms with Crippen LogP contribution in [0, 0.1) is 18.3 Å². The number of anilines is 1. The fourth-order valence-corrected chi connectivity index (χ4v) is 5.54. The summed E-state index contributed by atoms with van der Waals surface area (Å²) < 4.78 is 0. The number of H-pyrrole nitrogens is 1. The minimum Gasteiger partial charge on any atom is -0.508 e. The molecule has 6 rings (SSSR count). The highest BCUT2D eigenvalue weighted by Gasteiger charge is 2.24. The van der Waals surface area contributed by atoms with Gasteiger partial charge in [0.1, 0.15) is 17.5 Å². The fraction of sp³-hybridized carbons (Fsp3) is 0.179. The Morgan fingerprint density at radius 3 is 2.50 bits per heavy atom. The van der Waals surface area contributed by atoms with Crippen molar-refractivity contribution in [2.45, 2.75) is 6.92 Å². The van der Waals surface area contributed by atoms with E-state index in [-0.39, 0.29) is 5.75 Å². The first-order valence-corrected chi connectivity index (χ1v) is 12.7. The summed E-state index contributed by atoms with van der Waals surface area (Å²) in [5.41, 5.74) is 6.89. The SMILES string of the molecule is Cc1cc(-c2nc3[nH]nc(-c4cccs4)c3c(-c3ccc(N4CCNCC4)cc3)c2C#N)ccc1O. The Morgan fingerprint density at radius 1 is 1.03 bits per heavy atom. The number of aromatic nitrogens is 3. The number of nitrogens with one attached hydrogen (secondary N) is 2. The summed E-state index contributed by atoms with van der Waals surface area (Å²) >= 11 is 1.60. The highest BCUT2D eigenvalue weighted by Crippen LogP contribution is 2.42. The van der Waals surface area contributed by atoms with Crippen LogP contribution in [0.1, 0.15) is 11.1 Å². The van der Waals surface area contributed by atoms with Gasteiger partial charge in [-0.1, -0.05) is 18.2 Å². The molecule has 1 aliphatic rings. The van der Waals surface area contributed by atoms with Crippen LogP contribution in [-0.4, -0.2) is 46.5 Å². The van der Waals surface area contributed by atoms with Crippen molar-refractivity contribution >= 4 is 28.1 Å². The summed E-state index contributed by atoms with van der Waals surface area (Å²) in [5, 5.41) is 34.5. The van der Waals surface area contributed by atoms with Crippen LogP contribution in [0.4, 0.5) is 5.69 Å². The molecule has 36 heavy (non-hydrogen) atoms. The molecule has 4 heterocycles. The summed E-state index contributed by atoms with van der Waals surface area (Å²) in [6.45, 7) is 5.72. The quantitative estimate of drug-likeness (QED) is 0.314. The molecule has 7 nitrogen and oxygen atoms in total. The summed E-state index contributed by atoms with van der Waals surface area (Å²) in [5.74, 6) is 0.212. The van der Waals surface area contributed by atoms with Gasteiger partial charge in [-0.05, 0) is 59.8 Å². The molecule has 8 heteroatoms. The van der Waals surface area contributed by atoms with Crippen molar-refractivity contribution in [3.63, 3.8) is 0 Å². The predicted octanol–water partition coefficient (Wildman–Crippen LogP) is 5.32. The van der Waals surface area contributed by atoms with Crippen molar-refractivity contribution < 1.29 is 5.11 Å². The van der Waals surface area contributed by atoms with E-state index in [1.807, 2.05) is 30.5 Å². The Balaban J connectivity index is 1.59. The van der Waals surface area contributed by atoms with Gasteiger partial charge in [0.05, 0.1) is 21.5 Å². The number of phenolic OH excluding ortho intramolecular Hbond substituents is 1. The van der Waals surface area contributed by atoms with Gasteiger partial charge >= 0.3 is 0 Å². The number of aryl methyl sites for hydroxylation is 1. The third kappa shape index (κ3) is 3.79. The number of piperazine rings is 1. The van der Waals surface area contributed by atoms with E-state index in [1.54, 1.807) is 23.5 Å². The van der Waals surface area contributed by atoms with Gasteiger partial charge < -0.3 is 15.3 Å². The molecule has 0 unspecified atom stereocenters. The summed E-state index contributed by atoms with van der Waals surface area (Å²) in [6.07, 6.45) is 0. The summed E-state index contributed by atoms with van der Waals surface area (Å²) in [6, 6.07) is 20.2. The molecule has 0 spiro atoms. The highest BCUT2D eigenvalue weighted by atomic mass is 32.1. The number of rotatable bonds is 4. The third-order valence-electron chi connectivity index (χ3n) is 6.68. The lowest BCUT2D eigenvalue weighted by molar-refractivity contribution is 0.471. The van der Waals surface area contributed by atoms with Crippen LogP contribution in [0.5, 0.6) is 5.75 Å². The first-order chi connectivity index (χ1) is 17.6. The van der Waals surface area contributed by atoms with Gasteiger partial charge in [0.2, 0.25) is 0 Å². The predicted molar refractivity (Wildman–Crippen MR) is 144 cm³/mol. The number of nitriles is 1. The molecule has 0 bridgehead atoms. The lowest BCUT2D eigenvalue weighted by Crippen LogP contribution is -2.43. The molecule has 178 valence electrons. The Hall–Kier alpha value is -4.19. The molecule has 0 aliphatic carbocycles. The number of hydrogen-bond acceptors (Lipinski definition) is 7. The lowest BCUT2D eigenvalue weighted by atomic mass is 9.92. The largest absolute Gasteiger partial charge is 0.508 e. The second-order valence-electron chi connectivity index (χ2n) is 8.88. The van der Waals surface area contributed by atoms with Gasteiger partial charge in [0, 0.05) is 43.0 Å². The molecule has 3 N–H and O–H groups in total. The van der Waals surface area contributed by atoms with Crippen molar-refractivity contribution in [1.82, 2.24) is 20.5 Å². The second kappa shape index (κ2) is 9.11. The number of pyridine rings is 1. The standard InChI is InChI=1S/C28H24N6OS/c1-17-15-19(6-9-22(17)35)26-21(16-29)24(18-4-7-20(8-5-18)34-12-10-30-11-13-34)25-27(23-3-2-14-36-23)32-33-28(25)31-26/h2-9,14-15,30,35H,10-13H2,1H3,(H,31,32,33). The number of benzene rings is 2. The smallest absolute Gasteiger partial charge is 0.157 e. The topological polar surface area (TPSA) is 101 Å². The van der Waals surface area contributed by atoms with E-state index >= 15 is 0 Å². The van der Waals surface area contributed by atoms with Crippen LogP contribution in [0.2, 0.25) is 0 Å². The van der Waals surface area contributed by atoms with Crippen molar-refractivity contribution in [3.05, 3.63) is 71.1 Å². The molecule has 5 aromatic rings. The van der Waals surface area contributed by atoms with Crippen LogP contribution in [0.15, 0.2) is 60.0 Å². The van der Waals surface area contributed by atoms with Gasteiger partial charge in [-0.25, -0.2) is 4.98 Å². The Morgan fingerprint density at radius 2 is 1.81 bits per heavy atom. The third-order valence-corrected chi connectivity index (χ3v) is 7.56. The number of hydrogen-bond donors (Lipinski definition) is 3. The molecule has 0 atom stereocenters. The lowest BCUT2D eigenvalue weighted by Gasteiger charge is -2.29. The molecule has 3 aromatic heterocycles. The zero-order chi connectivity index (χ0) is 24.6. The minimum atomic E-state index is 0.212. The summed E-state index contributed by atoms with van der Waals surface area (Å²) in [7, 11) is 0. The number of nitrogens with zero attached hydrogens (tertiary/aromatic N) is 4. The van der Waals surface area contributed by atoms with Crippen LogP contribution in [0.3, 0.4) is 0 Å². The zero-order valence-electron chi connectivity index (χ0n) is 19.7. The van der Waals surface area contributed by atoms with Crippen LogP contribution in [-0.2, 0) is 0 Å². The average Bonchev–Trinajstić information content (AvgIpc) is 3.60. The van der Waals surface area contributed by atoms with Crippen LogP contribution in [0.25, 0.3) is 44.0 Å². The maximum atomic E-state index is 10.4. The fourth-order valence-electron chi connectivity index (χ4n) is 4.82. The Labute approximate surface area is 212 Å². The van der Waals surface area contributed by atoms with E-state index in [1.165, 1.54) is 5.69 Å². The number of aromatic hydroxyl groups is 1. The van der Waals surface area contributed by atoms with Gasteiger partial charge in [-0.2, -0.15) is 10.4 Å². The Bertz CT molecular complexity index is 1590. The molecule has 2 aromatic carbocycles. The monoisotopic (exact) mass is 492 g/mol. The van der Waals surface area contributed by atoms with Gasteiger partial charge in [0.25, 0.3) is 0 Å². The van der Waals surface area contributed by atoms with Crippen molar-refractivity contribution in [2.24, 2.45) is 0 Å². The van der Waals surface area contributed by atoms with E-state index in [4.69, 9.17) is 4.98 Å².